The lowest BCUT2D eigenvalue weighted by molar-refractivity contribution is 0.225. The van der Waals surface area contributed by atoms with Gasteiger partial charge in [-0.3, -0.25) is 0 Å². The van der Waals surface area contributed by atoms with Crippen LogP contribution in [0.5, 0.6) is 0 Å². The zero-order chi connectivity index (χ0) is 15.5. The first-order valence-electron chi connectivity index (χ1n) is 7.36. The second-order valence-corrected chi connectivity index (χ2v) is 6.24. The van der Waals surface area contributed by atoms with Crippen LogP contribution in [0.3, 0.4) is 0 Å². The molecule has 0 saturated carbocycles. The second kappa shape index (κ2) is 6.34. The van der Waals surface area contributed by atoms with E-state index in [1.165, 1.54) is 11.3 Å². The van der Waals surface area contributed by atoms with Crippen LogP contribution in [0.15, 0.2) is 42.5 Å². The van der Waals surface area contributed by atoms with Crippen LogP contribution in [-0.2, 0) is 0 Å². The van der Waals surface area contributed by atoms with Crippen molar-refractivity contribution in [2.75, 3.05) is 17.6 Å². The van der Waals surface area contributed by atoms with E-state index in [9.17, 15) is 5.11 Å². The van der Waals surface area contributed by atoms with Gasteiger partial charge in [0.2, 0.25) is 0 Å². The number of aliphatic hydroxyl groups excluding tert-OH is 1. The maximum atomic E-state index is 10.6. The van der Waals surface area contributed by atoms with Crippen molar-refractivity contribution in [1.29, 1.82) is 0 Å². The van der Waals surface area contributed by atoms with Crippen molar-refractivity contribution in [3.8, 4) is 0 Å². The molecule has 4 N–H and O–H groups in total. The Hall–Kier alpha value is -2.11. The van der Waals surface area contributed by atoms with E-state index in [2.05, 4.69) is 23.3 Å². The molecule has 1 unspecified atom stereocenters. The molecule has 0 amide bonds. The fourth-order valence-electron chi connectivity index (χ4n) is 2.38. The van der Waals surface area contributed by atoms with Crippen LogP contribution in [0, 0.1) is 0 Å². The van der Waals surface area contributed by atoms with Crippen LogP contribution in [0.2, 0.25) is 0 Å². The number of rotatable bonds is 5. The highest BCUT2D eigenvalue weighted by Gasteiger charge is 2.18. The quantitative estimate of drug-likeness (QED) is 0.670. The number of hydrogen-bond donors (Lipinski definition) is 3. The largest absolute Gasteiger partial charge is 0.383 e. The number of nitrogens with one attached hydrogen (secondary N) is 1. The summed E-state index contributed by atoms with van der Waals surface area (Å²) in [6.07, 6.45) is 0.265. The minimum absolute atomic E-state index is 0.393. The third kappa shape index (κ3) is 2.91. The highest BCUT2D eigenvalue weighted by Crippen LogP contribution is 2.35. The predicted octanol–water partition coefficient (Wildman–Crippen LogP) is 3.78. The smallest absolute Gasteiger partial charge is 0.185 e. The van der Waals surface area contributed by atoms with Crippen molar-refractivity contribution in [2.24, 2.45) is 0 Å². The number of benzene rings is 2. The summed E-state index contributed by atoms with van der Waals surface area (Å²) in [5, 5.41) is 16.9. The van der Waals surface area contributed by atoms with Gasteiger partial charge in [-0.1, -0.05) is 54.7 Å². The van der Waals surface area contributed by atoms with E-state index < -0.39 is 6.10 Å². The van der Waals surface area contributed by atoms with Crippen LogP contribution < -0.4 is 11.1 Å². The summed E-state index contributed by atoms with van der Waals surface area (Å²) in [4.78, 5) is 4.97. The first kappa shape index (κ1) is 14.8. The Morgan fingerprint density at radius 2 is 2.00 bits per heavy atom. The molecule has 0 aliphatic carbocycles. The zero-order valence-corrected chi connectivity index (χ0v) is 13.2. The molecular weight excluding hydrogens is 294 g/mol. The molecule has 0 aliphatic rings. The summed E-state index contributed by atoms with van der Waals surface area (Å²) in [7, 11) is 0. The average molecular weight is 313 g/mol. The van der Waals surface area contributed by atoms with E-state index in [0.29, 0.717) is 10.7 Å². The van der Waals surface area contributed by atoms with Crippen molar-refractivity contribution in [3.63, 3.8) is 0 Å². The number of hydrogen-bond acceptors (Lipinski definition) is 5. The fraction of sp³-hybridized carbons (Fsp3) is 0.235. The third-order valence-electron chi connectivity index (χ3n) is 3.54. The Morgan fingerprint density at radius 3 is 2.77 bits per heavy atom. The van der Waals surface area contributed by atoms with Crippen LogP contribution >= 0.6 is 11.3 Å². The van der Waals surface area contributed by atoms with E-state index >= 15 is 0 Å². The first-order chi connectivity index (χ1) is 10.7. The lowest BCUT2D eigenvalue weighted by Crippen LogP contribution is -2.01. The minimum Gasteiger partial charge on any atom is -0.383 e. The topological polar surface area (TPSA) is 71.2 Å². The minimum atomic E-state index is -0.751. The van der Waals surface area contributed by atoms with Gasteiger partial charge in [-0.25, -0.2) is 4.98 Å². The molecule has 0 aliphatic heterocycles. The number of fused-ring (bicyclic) bond motifs is 1. The molecule has 114 valence electrons. The van der Waals surface area contributed by atoms with E-state index in [1.54, 1.807) is 0 Å². The van der Waals surface area contributed by atoms with Gasteiger partial charge in [0.1, 0.15) is 11.9 Å². The fourth-order valence-corrected chi connectivity index (χ4v) is 3.30. The molecule has 0 radical (unpaired) electrons. The van der Waals surface area contributed by atoms with Crippen molar-refractivity contribution in [3.05, 3.63) is 52.9 Å². The molecule has 3 aromatic rings. The number of nitrogen functional groups attached to an aromatic ring is 1. The van der Waals surface area contributed by atoms with Gasteiger partial charge < -0.3 is 16.2 Å². The number of anilines is 2. The van der Waals surface area contributed by atoms with Gasteiger partial charge >= 0.3 is 0 Å². The maximum absolute atomic E-state index is 10.6. The van der Waals surface area contributed by atoms with Gasteiger partial charge in [0.15, 0.2) is 5.13 Å². The van der Waals surface area contributed by atoms with Crippen molar-refractivity contribution < 1.29 is 5.11 Å². The molecule has 0 saturated heterocycles. The first-order valence-corrected chi connectivity index (χ1v) is 8.17. The molecule has 2 aromatic carbocycles. The Balaban J connectivity index is 1.91. The molecule has 0 fully saturated rings. The van der Waals surface area contributed by atoms with Crippen molar-refractivity contribution >= 4 is 33.1 Å². The SMILES string of the molecule is CCCNc1nc(N)c(C(O)c2ccc3ccccc3c2)s1. The van der Waals surface area contributed by atoms with E-state index in [0.717, 1.165) is 34.4 Å². The maximum Gasteiger partial charge on any atom is 0.185 e. The standard InChI is InChI=1S/C17H19N3OS/c1-2-9-19-17-20-16(18)15(22-17)14(21)13-8-7-11-5-3-4-6-12(11)10-13/h3-8,10,14,21H,2,9,18H2,1H3,(H,19,20). The molecule has 5 heteroatoms. The molecule has 4 nitrogen and oxygen atoms in total. The Kier molecular flexibility index (Phi) is 4.27. The van der Waals surface area contributed by atoms with Crippen molar-refractivity contribution in [2.45, 2.75) is 19.4 Å². The summed E-state index contributed by atoms with van der Waals surface area (Å²) >= 11 is 1.41. The summed E-state index contributed by atoms with van der Waals surface area (Å²) in [6.45, 7) is 2.94. The van der Waals surface area contributed by atoms with Gasteiger partial charge in [-0.05, 0) is 28.8 Å². The van der Waals surface area contributed by atoms with Crippen LogP contribution in [0.1, 0.15) is 29.9 Å². The van der Waals surface area contributed by atoms with E-state index in [4.69, 9.17) is 5.73 Å². The second-order valence-electron chi connectivity index (χ2n) is 5.20. The van der Waals surface area contributed by atoms with Crippen LogP contribution in [0.25, 0.3) is 10.8 Å². The third-order valence-corrected chi connectivity index (χ3v) is 4.63. The molecule has 22 heavy (non-hydrogen) atoms. The average Bonchev–Trinajstić information content (AvgIpc) is 2.92. The molecule has 1 atom stereocenters. The molecule has 3 rings (SSSR count). The highest BCUT2D eigenvalue weighted by atomic mass is 32.1. The molecular formula is C17H19N3OS. The lowest BCUT2D eigenvalue weighted by Gasteiger charge is -2.10. The number of aromatic nitrogens is 1. The Bertz CT molecular complexity index is 784. The van der Waals surface area contributed by atoms with Gasteiger partial charge in [0.25, 0.3) is 0 Å². The molecule has 1 heterocycles. The summed E-state index contributed by atoms with van der Waals surface area (Å²) in [6, 6.07) is 14.0. The van der Waals surface area contributed by atoms with Gasteiger partial charge in [0.05, 0.1) is 4.88 Å². The van der Waals surface area contributed by atoms with E-state index in [1.807, 2.05) is 36.4 Å². The summed E-state index contributed by atoms with van der Waals surface area (Å²) in [5.74, 6) is 0.393. The van der Waals surface area contributed by atoms with Crippen molar-refractivity contribution in [1.82, 2.24) is 4.98 Å². The van der Waals surface area contributed by atoms with Crippen LogP contribution in [0.4, 0.5) is 10.9 Å². The number of nitrogens with two attached hydrogens (primary N) is 1. The van der Waals surface area contributed by atoms with Crippen LogP contribution in [-0.4, -0.2) is 16.6 Å². The number of thiazole rings is 1. The summed E-state index contributed by atoms with van der Waals surface area (Å²) in [5.41, 5.74) is 6.79. The Labute approximate surface area is 133 Å². The Morgan fingerprint density at radius 1 is 1.23 bits per heavy atom. The molecule has 1 aromatic heterocycles. The van der Waals surface area contributed by atoms with Gasteiger partial charge in [-0.2, -0.15) is 0 Å². The predicted molar refractivity (Wildman–Crippen MR) is 93.3 cm³/mol. The lowest BCUT2D eigenvalue weighted by atomic mass is 10.0. The normalized spacial score (nSPS) is 12.5. The zero-order valence-electron chi connectivity index (χ0n) is 12.4. The van der Waals surface area contributed by atoms with Gasteiger partial charge in [-0.15, -0.1) is 0 Å². The molecule has 0 spiro atoms. The van der Waals surface area contributed by atoms with E-state index in [-0.39, 0.29) is 0 Å². The number of aliphatic hydroxyl groups is 1. The monoisotopic (exact) mass is 313 g/mol. The number of nitrogens with zero attached hydrogens (tertiary/aromatic N) is 1. The highest BCUT2D eigenvalue weighted by molar-refractivity contribution is 7.16. The summed E-state index contributed by atoms with van der Waals surface area (Å²) < 4.78 is 0. The van der Waals surface area contributed by atoms with Gasteiger partial charge in [0, 0.05) is 6.54 Å². The molecule has 0 bridgehead atoms.